The fraction of sp³-hybridized carbons (Fsp3) is 0.136. The molecule has 0 atom stereocenters. The van der Waals surface area contributed by atoms with Crippen molar-refractivity contribution in [2.75, 3.05) is 12.5 Å². The average Bonchev–Trinajstić information content (AvgIpc) is 2.76. The highest BCUT2D eigenvalue weighted by molar-refractivity contribution is 7.99. The van der Waals surface area contributed by atoms with Crippen LogP contribution >= 0.6 is 23.4 Å². The number of rotatable bonds is 8. The Hall–Kier alpha value is -3.45. The molecule has 8 nitrogen and oxygen atoms in total. The number of hydrogen-bond acceptors (Lipinski definition) is 8. The van der Waals surface area contributed by atoms with Gasteiger partial charge in [-0.1, -0.05) is 29.4 Å². The molecule has 0 spiro atoms. The minimum atomic E-state index is -0.435. The van der Waals surface area contributed by atoms with Gasteiger partial charge in [0.25, 0.3) is 5.69 Å². The summed E-state index contributed by atoms with van der Waals surface area (Å²) in [6.07, 6.45) is 1.44. The van der Waals surface area contributed by atoms with Gasteiger partial charge in [0.05, 0.1) is 22.6 Å². The number of nitrogens with one attached hydrogen (secondary N) is 1. The van der Waals surface area contributed by atoms with Crippen molar-refractivity contribution in [2.24, 2.45) is 5.10 Å². The summed E-state index contributed by atoms with van der Waals surface area (Å²) in [6, 6.07) is 15.8. The Kier molecular flexibility index (Phi) is 7.78. The zero-order valence-corrected chi connectivity index (χ0v) is 18.8. The molecule has 162 valence electrons. The first kappa shape index (κ1) is 23.2. The number of hydrogen-bond donors (Lipinski definition) is 1. The standard InChI is InChI=1S/C22H18ClN5O3S/c1-14-9-16(13-31-2)19(11-24)22(26-14)27-25-12-15-3-8-21(20(10-15)28(29)30)32-18-6-4-17(23)5-7-18/h3-10,12H,13H2,1-2H3,(H,26,27)/b25-12+. The number of benzene rings is 2. The van der Waals surface area contributed by atoms with Crippen molar-refractivity contribution in [3.8, 4) is 6.07 Å². The Morgan fingerprint density at radius 2 is 2.06 bits per heavy atom. The van der Waals surface area contributed by atoms with Gasteiger partial charge in [-0.25, -0.2) is 4.98 Å². The van der Waals surface area contributed by atoms with Crippen LogP contribution in [0.1, 0.15) is 22.4 Å². The lowest BCUT2D eigenvalue weighted by atomic mass is 10.1. The maximum atomic E-state index is 11.6. The van der Waals surface area contributed by atoms with Gasteiger partial charge >= 0.3 is 0 Å². The number of anilines is 1. The van der Waals surface area contributed by atoms with Crippen LogP contribution in [-0.2, 0) is 11.3 Å². The number of halogens is 1. The van der Waals surface area contributed by atoms with Crippen molar-refractivity contribution in [2.45, 2.75) is 23.3 Å². The van der Waals surface area contributed by atoms with E-state index in [-0.39, 0.29) is 12.3 Å². The molecule has 10 heteroatoms. The van der Waals surface area contributed by atoms with Crippen LogP contribution in [0, 0.1) is 28.4 Å². The molecular formula is C22H18ClN5O3S. The average molecular weight is 468 g/mol. The smallest absolute Gasteiger partial charge is 0.283 e. The van der Waals surface area contributed by atoms with Crippen LogP contribution in [0.15, 0.2) is 63.4 Å². The van der Waals surface area contributed by atoms with Crippen LogP contribution in [0.5, 0.6) is 0 Å². The van der Waals surface area contributed by atoms with Gasteiger partial charge in [-0.15, -0.1) is 0 Å². The van der Waals surface area contributed by atoms with Gasteiger partial charge in [-0.05, 0) is 43.3 Å². The van der Waals surface area contributed by atoms with Crippen molar-refractivity contribution in [3.63, 3.8) is 0 Å². The molecule has 1 aromatic heterocycles. The molecule has 2 aromatic carbocycles. The summed E-state index contributed by atoms with van der Waals surface area (Å²) in [5.74, 6) is 0.292. The minimum absolute atomic E-state index is 0.0392. The summed E-state index contributed by atoms with van der Waals surface area (Å²) in [6.45, 7) is 2.07. The lowest BCUT2D eigenvalue weighted by Gasteiger charge is -2.09. The Morgan fingerprint density at radius 1 is 1.31 bits per heavy atom. The number of ether oxygens (including phenoxy) is 1. The molecular weight excluding hydrogens is 450 g/mol. The molecule has 1 heterocycles. The number of pyridine rings is 1. The van der Waals surface area contributed by atoms with Gasteiger partial charge < -0.3 is 4.74 Å². The normalized spacial score (nSPS) is 10.8. The number of aryl methyl sites for hydroxylation is 1. The van der Waals surface area contributed by atoms with E-state index in [1.54, 1.807) is 56.5 Å². The van der Waals surface area contributed by atoms with Crippen molar-refractivity contribution in [3.05, 3.63) is 86.1 Å². The van der Waals surface area contributed by atoms with E-state index in [0.717, 1.165) is 4.90 Å². The van der Waals surface area contributed by atoms with Crippen LogP contribution in [0.4, 0.5) is 11.5 Å². The van der Waals surface area contributed by atoms with E-state index in [9.17, 15) is 15.4 Å². The van der Waals surface area contributed by atoms with Crippen molar-refractivity contribution >= 4 is 41.1 Å². The van der Waals surface area contributed by atoms with Crippen molar-refractivity contribution in [1.82, 2.24) is 4.98 Å². The first-order chi connectivity index (χ1) is 15.4. The number of nitro benzene ring substituents is 1. The third kappa shape index (κ3) is 5.82. The SMILES string of the molecule is COCc1cc(C)nc(N/N=C/c2ccc(Sc3ccc(Cl)cc3)c([N+](=O)[O-])c2)c1C#N. The number of methoxy groups -OCH3 is 1. The number of nitro groups is 1. The molecule has 0 unspecified atom stereocenters. The second-order valence-electron chi connectivity index (χ2n) is 6.60. The highest BCUT2D eigenvalue weighted by Gasteiger charge is 2.16. The summed E-state index contributed by atoms with van der Waals surface area (Å²) < 4.78 is 5.13. The molecule has 3 rings (SSSR count). The van der Waals surface area contributed by atoms with Crippen molar-refractivity contribution in [1.29, 1.82) is 5.26 Å². The fourth-order valence-corrected chi connectivity index (χ4v) is 3.88. The number of hydrazone groups is 1. The molecule has 0 amide bonds. The molecule has 0 aliphatic carbocycles. The summed E-state index contributed by atoms with van der Waals surface area (Å²) in [5.41, 5.74) is 4.96. The van der Waals surface area contributed by atoms with Crippen LogP contribution in [0.2, 0.25) is 5.02 Å². The van der Waals surface area contributed by atoms with E-state index in [1.807, 2.05) is 0 Å². The van der Waals surface area contributed by atoms with Crippen molar-refractivity contribution < 1.29 is 9.66 Å². The van der Waals surface area contributed by atoms with Gasteiger partial charge in [0.15, 0.2) is 5.82 Å². The molecule has 0 saturated carbocycles. The molecule has 0 saturated heterocycles. The zero-order chi connectivity index (χ0) is 23.1. The molecule has 0 radical (unpaired) electrons. The van der Waals surface area contributed by atoms with Crippen LogP contribution < -0.4 is 5.43 Å². The van der Waals surface area contributed by atoms with E-state index in [0.29, 0.717) is 38.1 Å². The van der Waals surface area contributed by atoms with Gasteiger partial charge in [0.1, 0.15) is 11.6 Å². The summed E-state index contributed by atoms with van der Waals surface area (Å²) in [4.78, 5) is 16.8. The summed E-state index contributed by atoms with van der Waals surface area (Å²) in [7, 11) is 1.55. The zero-order valence-electron chi connectivity index (χ0n) is 17.2. The third-order valence-corrected chi connectivity index (χ3v) is 5.57. The van der Waals surface area contributed by atoms with E-state index >= 15 is 0 Å². The largest absolute Gasteiger partial charge is 0.380 e. The predicted molar refractivity (Wildman–Crippen MR) is 124 cm³/mol. The predicted octanol–water partition coefficient (Wildman–Crippen LogP) is 5.57. The third-order valence-electron chi connectivity index (χ3n) is 4.25. The maximum absolute atomic E-state index is 11.6. The molecule has 0 bridgehead atoms. The lowest BCUT2D eigenvalue weighted by Crippen LogP contribution is -2.03. The molecule has 1 N–H and O–H groups in total. The van der Waals surface area contributed by atoms with Gasteiger partial charge in [-0.2, -0.15) is 10.4 Å². The lowest BCUT2D eigenvalue weighted by molar-refractivity contribution is -0.387. The first-order valence-electron chi connectivity index (χ1n) is 9.31. The van der Waals surface area contributed by atoms with E-state index in [1.165, 1.54) is 24.0 Å². The molecule has 32 heavy (non-hydrogen) atoms. The number of nitriles is 1. The Morgan fingerprint density at radius 3 is 2.72 bits per heavy atom. The Bertz CT molecular complexity index is 1210. The first-order valence-corrected chi connectivity index (χ1v) is 10.5. The molecule has 0 aliphatic heterocycles. The van der Waals surface area contributed by atoms with E-state index in [2.05, 4.69) is 21.6 Å². The summed E-state index contributed by atoms with van der Waals surface area (Å²) >= 11 is 7.17. The quantitative estimate of drug-likeness (QED) is 0.262. The Labute approximate surface area is 194 Å². The maximum Gasteiger partial charge on any atom is 0.283 e. The molecule has 0 aliphatic rings. The van der Waals surface area contributed by atoms with Crippen LogP contribution in [0.3, 0.4) is 0 Å². The van der Waals surface area contributed by atoms with Gasteiger partial charge in [0.2, 0.25) is 0 Å². The second-order valence-corrected chi connectivity index (χ2v) is 8.15. The summed E-state index contributed by atoms with van der Waals surface area (Å²) in [5, 5.41) is 25.8. The van der Waals surface area contributed by atoms with Crippen LogP contribution in [0.25, 0.3) is 0 Å². The van der Waals surface area contributed by atoms with Crippen LogP contribution in [-0.4, -0.2) is 23.2 Å². The highest BCUT2D eigenvalue weighted by Crippen LogP contribution is 2.35. The Balaban J connectivity index is 1.82. The molecule has 3 aromatic rings. The topological polar surface area (TPSA) is 113 Å². The number of aromatic nitrogens is 1. The second kappa shape index (κ2) is 10.7. The van der Waals surface area contributed by atoms with Gasteiger partial charge in [-0.3, -0.25) is 15.5 Å². The number of nitrogens with zero attached hydrogens (tertiary/aromatic N) is 4. The monoisotopic (exact) mass is 467 g/mol. The minimum Gasteiger partial charge on any atom is -0.380 e. The van der Waals surface area contributed by atoms with E-state index in [4.69, 9.17) is 16.3 Å². The molecule has 0 fully saturated rings. The fourth-order valence-electron chi connectivity index (χ4n) is 2.86. The highest BCUT2D eigenvalue weighted by atomic mass is 35.5. The van der Waals surface area contributed by atoms with E-state index < -0.39 is 4.92 Å². The van der Waals surface area contributed by atoms with Gasteiger partial charge in [0, 0.05) is 39.9 Å².